The van der Waals surface area contributed by atoms with Gasteiger partial charge in [-0.1, -0.05) is 90.8 Å². The lowest BCUT2D eigenvalue weighted by Gasteiger charge is -2.31. The normalized spacial score (nSPS) is 13.0. The maximum Gasteiger partial charge on any atom is 0.217 e. The van der Waals surface area contributed by atoms with Crippen LogP contribution in [0.15, 0.2) is 30.5 Å². The molecule has 0 fully saturated rings. The number of rotatable bonds is 12. The number of aryl methyl sites for hydroxylation is 1. The van der Waals surface area contributed by atoms with E-state index in [1.807, 2.05) is 0 Å². The number of unbranched alkanes of at least 4 members (excludes halogenated alkanes) is 7. The maximum absolute atomic E-state index is 11.7. The Hall–Kier alpha value is -1.77. The van der Waals surface area contributed by atoms with E-state index in [2.05, 4.69) is 68.0 Å². The van der Waals surface area contributed by atoms with Crippen molar-refractivity contribution in [2.45, 2.75) is 105 Å². The molecule has 1 aromatic carbocycles. The lowest BCUT2D eigenvalue weighted by Crippen LogP contribution is -2.44. The van der Waals surface area contributed by atoms with Crippen LogP contribution in [0.3, 0.4) is 0 Å². The summed E-state index contributed by atoms with van der Waals surface area (Å²) in [5, 5.41) is 4.50. The first kappa shape index (κ1) is 23.5. The third-order valence-electron chi connectivity index (χ3n) is 5.97. The third kappa shape index (κ3) is 7.53. The molecule has 3 nitrogen and oxygen atoms in total. The first-order chi connectivity index (χ1) is 13.8. The minimum Gasteiger partial charge on any atom is -0.353 e. The molecule has 1 heterocycles. The Bertz CT molecular complexity index is 754. The molecule has 2 aromatic rings. The van der Waals surface area contributed by atoms with E-state index in [0.29, 0.717) is 0 Å². The Morgan fingerprint density at radius 3 is 2.24 bits per heavy atom. The van der Waals surface area contributed by atoms with Crippen LogP contribution in [0, 0.1) is 5.41 Å². The fourth-order valence-electron chi connectivity index (χ4n) is 4.13. The van der Waals surface area contributed by atoms with E-state index in [4.69, 9.17) is 0 Å². The first-order valence-electron chi connectivity index (χ1n) is 11.7. The quantitative estimate of drug-likeness (QED) is 0.389. The van der Waals surface area contributed by atoms with E-state index < -0.39 is 0 Å². The average molecular weight is 399 g/mol. The van der Waals surface area contributed by atoms with Gasteiger partial charge in [-0.2, -0.15) is 0 Å². The minimum atomic E-state index is 0.0205. The van der Waals surface area contributed by atoms with E-state index in [-0.39, 0.29) is 17.4 Å². The van der Waals surface area contributed by atoms with Crippen LogP contribution >= 0.6 is 0 Å². The van der Waals surface area contributed by atoms with Gasteiger partial charge in [-0.05, 0) is 29.9 Å². The van der Waals surface area contributed by atoms with Gasteiger partial charge in [0.25, 0.3) is 0 Å². The second-order valence-electron chi connectivity index (χ2n) is 9.66. The predicted octanol–water partition coefficient (Wildman–Crippen LogP) is 6.88. The molecular weight excluding hydrogens is 356 g/mol. The van der Waals surface area contributed by atoms with E-state index in [0.717, 1.165) is 13.0 Å². The van der Waals surface area contributed by atoms with Gasteiger partial charge in [0.2, 0.25) is 5.91 Å². The van der Waals surface area contributed by atoms with Crippen LogP contribution < -0.4 is 5.32 Å². The van der Waals surface area contributed by atoms with Crippen molar-refractivity contribution in [1.29, 1.82) is 0 Å². The van der Waals surface area contributed by atoms with Crippen molar-refractivity contribution in [2.75, 3.05) is 0 Å². The highest BCUT2D eigenvalue weighted by Crippen LogP contribution is 2.28. The number of amides is 1. The van der Waals surface area contributed by atoms with Gasteiger partial charge in [-0.15, -0.1) is 0 Å². The lowest BCUT2D eigenvalue weighted by molar-refractivity contribution is -0.120. The minimum absolute atomic E-state index is 0.0205. The second kappa shape index (κ2) is 11.4. The largest absolute Gasteiger partial charge is 0.353 e. The number of aromatic nitrogens is 1. The van der Waals surface area contributed by atoms with Gasteiger partial charge in [0.1, 0.15) is 0 Å². The Morgan fingerprint density at radius 1 is 1.00 bits per heavy atom. The SMILES string of the molecule is CCCCCCCCCCn1cc(C[C@H](NC(C)=O)C(C)(C)C)c2ccccc21. The first-order valence-corrected chi connectivity index (χ1v) is 11.7. The zero-order chi connectivity index (χ0) is 21.3. The molecule has 0 aliphatic heterocycles. The third-order valence-corrected chi connectivity index (χ3v) is 5.97. The number of hydrogen-bond acceptors (Lipinski definition) is 1. The molecule has 0 radical (unpaired) electrons. The molecule has 162 valence electrons. The molecule has 0 saturated carbocycles. The number of benzene rings is 1. The fraction of sp³-hybridized carbons (Fsp3) is 0.654. The molecule has 29 heavy (non-hydrogen) atoms. The van der Waals surface area contributed by atoms with E-state index >= 15 is 0 Å². The molecule has 0 unspecified atom stereocenters. The van der Waals surface area contributed by atoms with Crippen LogP contribution in [0.5, 0.6) is 0 Å². The number of carbonyl (C=O) groups is 1. The van der Waals surface area contributed by atoms with Gasteiger partial charge in [0.05, 0.1) is 0 Å². The van der Waals surface area contributed by atoms with Gasteiger partial charge in [0.15, 0.2) is 0 Å². The highest BCUT2D eigenvalue weighted by Gasteiger charge is 2.26. The summed E-state index contributed by atoms with van der Waals surface area (Å²) < 4.78 is 2.43. The summed E-state index contributed by atoms with van der Waals surface area (Å²) in [5.41, 5.74) is 2.68. The summed E-state index contributed by atoms with van der Waals surface area (Å²) in [7, 11) is 0. The number of nitrogens with one attached hydrogen (secondary N) is 1. The molecule has 1 N–H and O–H groups in total. The van der Waals surface area contributed by atoms with E-state index in [1.54, 1.807) is 6.92 Å². The summed E-state index contributed by atoms with van der Waals surface area (Å²) >= 11 is 0. The summed E-state index contributed by atoms with van der Waals surface area (Å²) in [4.78, 5) is 11.7. The van der Waals surface area contributed by atoms with Crippen molar-refractivity contribution < 1.29 is 4.79 Å². The Balaban J connectivity index is 2.01. The maximum atomic E-state index is 11.7. The zero-order valence-electron chi connectivity index (χ0n) is 19.4. The van der Waals surface area contributed by atoms with Gasteiger partial charge in [0, 0.05) is 36.6 Å². The topological polar surface area (TPSA) is 34.0 Å². The molecule has 0 bridgehead atoms. The number of nitrogens with zero attached hydrogens (tertiary/aromatic N) is 1. The predicted molar refractivity (Wildman–Crippen MR) is 125 cm³/mol. The van der Waals surface area contributed by atoms with Crippen molar-refractivity contribution in [3.05, 3.63) is 36.0 Å². The number of fused-ring (bicyclic) bond motifs is 1. The second-order valence-corrected chi connectivity index (χ2v) is 9.66. The van der Waals surface area contributed by atoms with Crippen molar-refractivity contribution in [3.63, 3.8) is 0 Å². The van der Waals surface area contributed by atoms with E-state index in [1.165, 1.54) is 67.8 Å². The van der Waals surface area contributed by atoms with Gasteiger partial charge in [-0.25, -0.2) is 0 Å². The lowest BCUT2D eigenvalue weighted by atomic mass is 9.83. The summed E-state index contributed by atoms with van der Waals surface area (Å²) in [6.45, 7) is 11.6. The van der Waals surface area contributed by atoms with Crippen molar-refractivity contribution in [1.82, 2.24) is 9.88 Å². The van der Waals surface area contributed by atoms with E-state index in [9.17, 15) is 4.79 Å². The van der Waals surface area contributed by atoms with Crippen LogP contribution in [0.25, 0.3) is 10.9 Å². The highest BCUT2D eigenvalue weighted by molar-refractivity contribution is 5.84. The van der Waals surface area contributed by atoms with Crippen LogP contribution in [0.4, 0.5) is 0 Å². The van der Waals surface area contributed by atoms with Crippen molar-refractivity contribution >= 4 is 16.8 Å². The molecule has 1 aromatic heterocycles. The van der Waals surface area contributed by atoms with Crippen LogP contribution in [-0.2, 0) is 17.8 Å². The van der Waals surface area contributed by atoms with Crippen LogP contribution in [-0.4, -0.2) is 16.5 Å². The van der Waals surface area contributed by atoms with Crippen LogP contribution in [0.2, 0.25) is 0 Å². The summed E-state index contributed by atoms with van der Waals surface area (Å²) in [6.07, 6.45) is 14.0. The number of para-hydroxylation sites is 1. The standard InChI is InChI=1S/C26H42N2O/c1-6-7-8-9-10-11-12-15-18-28-20-22(23-16-13-14-17-24(23)28)19-25(26(3,4)5)27-21(2)29/h13-14,16-17,20,25H,6-12,15,18-19H2,1-5H3,(H,27,29)/t25-/m0/s1. The molecule has 1 atom stereocenters. The number of hydrogen-bond donors (Lipinski definition) is 1. The molecule has 2 rings (SSSR count). The summed E-state index contributed by atoms with van der Waals surface area (Å²) in [6, 6.07) is 8.83. The Morgan fingerprint density at radius 2 is 1.62 bits per heavy atom. The number of carbonyl (C=O) groups excluding carboxylic acids is 1. The molecule has 0 saturated heterocycles. The smallest absolute Gasteiger partial charge is 0.217 e. The molecule has 0 aliphatic carbocycles. The molecule has 0 spiro atoms. The highest BCUT2D eigenvalue weighted by atomic mass is 16.1. The molecule has 0 aliphatic rings. The summed E-state index contributed by atoms with van der Waals surface area (Å²) in [5.74, 6) is 0.0487. The van der Waals surface area contributed by atoms with Crippen molar-refractivity contribution in [3.8, 4) is 0 Å². The van der Waals surface area contributed by atoms with Gasteiger partial charge in [-0.3, -0.25) is 4.79 Å². The Kier molecular flexibility index (Phi) is 9.26. The molecule has 1 amide bonds. The van der Waals surface area contributed by atoms with Crippen molar-refractivity contribution in [2.24, 2.45) is 5.41 Å². The molecular formula is C26H42N2O. The zero-order valence-corrected chi connectivity index (χ0v) is 19.4. The van der Waals surface area contributed by atoms with Gasteiger partial charge >= 0.3 is 0 Å². The fourth-order valence-corrected chi connectivity index (χ4v) is 4.13. The Labute approximate surface area is 178 Å². The molecule has 3 heteroatoms. The van der Waals surface area contributed by atoms with Crippen LogP contribution in [0.1, 0.15) is 91.5 Å². The van der Waals surface area contributed by atoms with Gasteiger partial charge < -0.3 is 9.88 Å². The monoisotopic (exact) mass is 398 g/mol. The average Bonchev–Trinajstić information content (AvgIpc) is 3.00.